The number of hydrogen-bond acceptors (Lipinski definition) is 2. The van der Waals surface area contributed by atoms with Gasteiger partial charge in [-0.2, -0.15) is 0 Å². The minimum atomic E-state index is 0.354. The highest BCUT2D eigenvalue weighted by atomic mass is 16.3. The van der Waals surface area contributed by atoms with Gasteiger partial charge in [-0.15, -0.1) is 0 Å². The monoisotopic (exact) mass is 143 g/mol. The fourth-order valence-corrected chi connectivity index (χ4v) is 1.59. The molecule has 0 bridgehead atoms. The van der Waals surface area contributed by atoms with Crippen molar-refractivity contribution in [3.05, 3.63) is 0 Å². The standard InChI is InChI=1S/C8H17NO/c9-8-3-1-2-7(6-10)4-5-8/h7-8,10H,1-6,9H2. The van der Waals surface area contributed by atoms with Crippen LogP contribution in [0.1, 0.15) is 32.1 Å². The van der Waals surface area contributed by atoms with E-state index in [2.05, 4.69) is 0 Å². The van der Waals surface area contributed by atoms with Crippen LogP contribution in [0.25, 0.3) is 0 Å². The van der Waals surface area contributed by atoms with E-state index in [0.717, 1.165) is 19.3 Å². The summed E-state index contributed by atoms with van der Waals surface area (Å²) in [6.07, 6.45) is 5.75. The van der Waals surface area contributed by atoms with Gasteiger partial charge >= 0.3 is 0 Å². The zero-order chi connectivity index (χ0) is 7.40. The van der Waals surface area contributed by atoms with E-state index < -0.39 is 0 Å². The highest BCUT2D eigenvalue weighted by Crippen LogP contribution is 2.21. The molecule has 3 N–H and O–H groups in total. The molecule has 0 aromatic heterocycles. The fraction of sp³-hybridized carbons (Fsp3) is 1.00. The van der Waals surface area contributed by atoms with Crippen LogP contribution in [0.2, 0.25) is 0 Å². The number of nitrogens with two attached hydrogens (primary N) is 1. The van der Waals surface area contributed by atoms with Gasteiger partial charge in [0.2, 0.25) is 0 Å². The molecule has 0 spiro atoms. The lowest BCUT2D eigenvalue weighted by atomic mass is 10.0. The summed E-state index contributed by atoms with van der Waals surface area (Å²) >= 11 is 0. The van der Waals surface area contributed by atoms with Crippen molar-refractivity contribution in [2.45, 2.75) is 38.1 Å². The molecule has 1 fully saturated rings. The molecule has 10 heavy (non-hydrogen) atoms. The highest BCUT2D eigenvalue weighted by Gasteiger charge is 2.14. The third-order valence-electron chi connectivity index (χ3n) is 2.39. The predicted octanol–water partition coefficient (Wildman–Crippen LogP) is 0.886. The Bertz CT molecular complexity index is 95.3. The van der Waals surface area contributed by atoms with E-state index in [9.17, 15) is 0 Å². The average Bonchev–Trinajstić information content (AvgIpc) is 2.14. The molecule has 1 aliphatic carbocycles. The topological polar surface area (TPSA) is 46.2 Å². The Morgan fingerprint density at radius 3 is 2.70 bits per heavy atom. The molecule has 0 aromatic rings. The molecular formula is C8H17NO. The first kappa shape index (κ1) is 8.02. The molecule has 1 aliphatic rings. The summed E-state index contributed by atoms with van der Waals surface area (Å²) < 4.78 is 0. The Labute approximate surface area is 62.4 Å². The normalized spacial score (nSPS) is 35.4. The van der Waals surface area contributed by atoms with E-state index in [1.807, 2.05) is 0 Å². The molecule has 0 aromatic carbocycles. The first-order valence-electron chi connectivity index (χ1n) is 4.19. The summed E-state index contributed by atoms with van der Waals surface area (Å²) in [4.78, 5) is 0. The van der Waals surface area contributed by atoms with Crippen LogP contribution in [0.15, 0.2) is 0 Å². The van der Waals surface area contributed by atoms with Crippen molar-refractivity contribution >= 4 is 0 Å². The second kappa shape index (κ2) is 3.94. The van der Waals surface area contributed by atoms with Gasteiger partial charge in [-0.1, -0.05) is 6.42 Å². The van der Waals surface area contributed by atoms with Crippen molar-refractivity contribution in [2.75, 3.05) is 6.61 Å². The molecule has 0 radical (unpaired) electrons. The zero-order valence-corrected chi connectivity index (χ0v) is 6.42. The van der Waals surface area contributed by atoms with Gasteiger partial charge in [-0.05, 0) is 31.6 Å². The number of rotatable bonds is 1. The van der Waals surface area contributed by atoms with E-state index in [1.54, 1.807) is 0 Å². The quantitative estimate of drug-likeness (QED) is 0.535. The Kier molecular flexibility index (Phi) is 3.16. The van der Waals surface area contributed by atoms with Gasteiger partial charge in [0, 0.05) is 12.6 Å². The highest BCUT2D eigenvalue weighted by molar-refractivity contribution is 4.71. The summed E-state index contributed by atoms with van der Waals surface area (Å²) in [5.74, 6) is 0.536. The third kappa shape index (κ3) is 2.27. The van der Waals surface area contributed by atoms with E-state index in [0.29, 0.717) is 18.6 Å². The molecule has 2 unspecified atom stereocenters. The lowest BCUT2D eigenvalue weighted by molar-refractivity contribution is 0.212. The fourth-order valence-electron chi connectivity index (χ4n) is 1.59. The largest absolute Gasteiger partial charge is 0.396 e. The van der Waals surface area contributed by atoms with Crippen LogP contribution in [-0.4, -0.2) is 17.8 Å². The van der Waals surface area contributed by atoms with Crippen LogP contribution < -0.4 is 5.73 Å². The molecule has 2 atom stereocenters. The van der Waals surface area contributed by atoms with Crippen molar-refractivity contribution in [1.82, 2.24) is 0 Å². The van der Waals surface area contributed by atoms with Crippen molar-refractivity contribution in [3.63, 3.8) is 0 Å². The maximum Gasteiger partial charge on any atom is 0.0459 e. The maximum atomic E-state index is 8.86. The van der Waals surface area contributed by atoms with Crippen molar-refractivity contribution < 1.29 is 5.11 Å². The molecule has 1 saturated carbocycles. The van der Waals surface area contributed by atoms with Crippen LogP contribution >= 0.6 is 0 Å². The Morgan fingerprint density at radius 2 is 2.00 bits per heavy atom. The zero-order valence-electron chi connectivity index (χ0n) is 6.42. The van der Waals surface area contributed by atoms with Crippen molar-refractivity contribution in [2.24, 2.45) is 11.7 Å². The lowest BCUT2D eigenvalue weighted by Crippen LogP contribution is -2.18. The minimum absolute atomic E-state index is 0.354. The van der Waals surface area contributed by atoms with Gasteiger partial charge < -0.3 is 10.8 Å². The van der Waals surface area contributed by atoms with Crippen LogP contribution in [-0.2, 0) is 0 Å². The number of hydrogen-bond donors (Lipinski definition) is 2. The van der Waals surface area contributed by atoms with E-state index in [1.165, 1.54) is 12.8 Å². The molecule has 2 nitrogen and oxygen atoms in total. The van der Waals surface area contributed by atoms with E-state index >= 15 is 0 Å². The van der Waals surface area contributed by atoms with Crippen molar-refractivity contribution in [1.29, 1.82) is 0 Å². The summed E-state index contributed by atoms with van der Waals surface area (Å²) in [6, 6.07) is 0.400. The smallest absolute Gasteiger partial charge is 0.0459 e. The molecule has 0 aliphatic heterocycles. The van der Waals surface area contributed by atoms with Gasteiger partial charge in [-0.25, -0.2) is 0 Å². The van der Waals surface area contributed by atoms with Crippen LogP contribution in [0.5, 0.6) is 0 Å². The van der Waals surface area contributed by atoms with E-state index in [-0.39, 0.29) is 0 Å². The average molecular weight is 143 g/mol. The number of aliphatic hydroxyl groups is 1. The second-order valence-corrected chi connectivity index (χ2v) is 3.32. The first-order chi connectivity index (χ1) is 4.83. The Morgan fingerprint density at radius 1 is 1.20 bits per heavy atom. The maximum absolute atomic E-state index is 8.86. The molecule has 60 valence electrons. The van der Waals surface area contributed by atoms with Gasteiger partial charge in [0.25, 0.3) is 0 Å². The molecule has 0 heterocycles. The van der Waals surface area contributed by atoms with Crippen LogP contribution in [0.4, 0.5) is 0 Å². The Hall–Kier alpha value is -0.0800. The molecule has 0 amide bonds. The number of aliphatic hydroxyl groups excluding tert-OH is 1. The summed E-state index contributed by atoms with van der Waals surface area (Å²) in [5, 5.41) is 8.86. The molecule has 1 rings (SSSR count). The third-order valence-corrected chi connectivity index (χ3v) is 2.39. The van der Waals surface area contributed by atoms with Gasteiger partial charge in [0.05, 0.1) is 0 Å². The summed E-state index contributed by atoms with van der Waals surface area (Å²) in [6.45, 7) is 0.354. The SMILES string of the molecule is NC1CCCC(CO)CC1. The minimum Gasteiger partial charge on any atom is -0.396 e. The Balaban J connectivity index is 2.26. The summed E-state index contributed by atoms with van der Waals surface area (Å²) in [5.41, 5.74) is 5.77. The van der Waals surface area contributed by atoms with Crippen LogP contribution in [0, 0.1) is 5.92 Å². The second-order valence-electron chi connectivity index (χ2n) is 3.32. The van der Waals surface area contributed by atoms with E-state index in [4.69, 9.17) is 10.8 Å². The predicted molar refractivity (Wildman–Crippen MR) is 41.6 cm³/mol. The molecule has 2 heteroatoms. The molecule has 0 saturated heterocycles. The summed E-state index contributed by atoms with van der Waals surface area (Å²) in [7, 11) is 0. The van der Waals surface area contributed by atoms with Gasteiger partial charge in [-0.3, -0.25) is 0 Å². The first-order valence-corrected chi connectivity index (χ1v) is 4.19. The van der Waals surface area contributed by atoms with Gasteiger partial charge in [0.1, 0.15) is 0 Å². The van der Waals surface area contributed by atoms with Crippen molar-refractivity contribution in [3.8, 4) is 0 Å². The molecular weight excluding hydrogens is 126 g/mol. The van der Waals surface area contributed by atoms with Crippen LogP contribution in [0.3, 0.4) is 0 Å². The van der Waals surface area contributed by atoms with Gasteiger partial charge in [0.15, 0.2) is 0 Å². The lowest BCUT2D eigenvalue weighted by Gasteiger charge is -2.08.